The van der Waals surface area contributed by atoms with E-state index >= 15 is 0 Å². The highest BCUT2D eigenvalue weighted by atomic mass is 32.1. The summed E-state index contributed by atoms with van der Waals surface area (Å²) in [4.78, 5) is 16.7. The number of hydrogen-bond acceptors (Lipinski definition) is 2. The number of terminal acetylenes is 1. The molecule has 0 aliphatic rings. The predicted octanol–water partition coefficient (Wildman–Crippen LogP) is 2.95. The summed E-state index contributed by atoms with van der Waals surface area (Å²) in [5, 5.41) is 0. The van der Waals surface area contributed by atoms with Gasteiger partial charge in [-0.05, 0) is 18.2 Å². The van der Waals surface area contributed by atoms with Crippen molar-refractivity contribution >= 4 is 27.5 Å². The summed E-state index contributed by atoms with van der Waals surface area (Å²) >= 11 is 1.26. The zero-order valence-electron chi connectivity index (χ0n) is 11.6. The molecule has 0 N–H and O–H groups in total. The minimum absolute atomic E-state index is 0.227. The van der Waals surface area contributed by atoms with Crippen molar-refractivity contribution in [2.75, 3.05) is 0 Å². The molecule has 3 nitrogen and oxygen atoms in total. The van der Waals surface area contributed by atoms with E-state index in [1.165, 1.54) is 23.5 Å². The lowest BCUT2D eigenvalue weighted by molar-refractivity contribution is -0.125. The van der Waals surface area contributed by atoms with Crippen LogP contribution in [-0.4, -0.2) is 10.5 Å². The van der Waals surface area contributed by atoms with Gasteiger partial charge in [-0.1, -0.05) is 38.0 Å². The summed E-state index contributed by atoms with van der Waals surface area (Å²) in [5.41, 5.74) is 0.227. The largest absolute Gasteiger partial charge is 0.305 e. The van der Waals surface area contributed by atoms with Crippen LogP contribution in [0.5, 0.6) is 0 Å². The highest BCUT2D eigenvalue weighted by molar-refractivity contribution is 7.16. The van der Waals surface area contributed by atoms with Crippen molar-refractivity contribution in [3.8, 4) is 12.3 Å². The van der Waals surface area contributed by atoms with E-state index in [0.29, 0.717) is 11.3 Å². The number of aromatic nitrogens is 1. The van der Waals surface area contributed by atoms with E-state index in [4.69, 9.17) is 6.42 Å². The molecule has 20 heavy (non-hydrogen) atoms. The third-order valence-electron chi connectivity index (χ3n) is 2.73. The zero-order chi connectivity index (χ0) is 14.9. The summed E-state index contributed by atoms with van der Waals surface area (Å²) in [6.45, 7) is 5.70. The molecule has 0 saturated carbocycles. The van der Waals surface area contributed by atoms with Gasteiger partial charge in [0.05, 0.1) is 16.8 Å². The van der Waals surface area contributed by atoms with Crippen LogP contribution in [0, 0.1) is 23.6 Å². The van der Waals surface area contributed by atoms with Gasteiger partial charge in [-0.15, -0.1) is 6.42 Å². The van der Waals surface area contributed by atoms with Gasteiger partial charge in [0, 0.05) is 5.41 Å². The first-order valence-corrected chi connectivity index (χ1v) is 6.96. The molecule has 0 fully saturated rings. The van der Waals surface area contributed by atoms with Crippen LogP contribution in [0.3, 0.4) is 0 Å². The quantitative estimate of drug-likeness (QED) is 0.744. The van der Waals surface area contributed by atoms with Crippen LogP contribution in [0.15, 0.2) is 23.2 Å². The van der Waals surface area contributed by atoms with E-state index in [0.717, 1.165) is 10.2 Å². The standard InChI is InChI=1S/C15H15FN2OS/c1-5-8-18-11-7-6-10(16)9-12(11)20-14(18)17-13(19)15(2,3)4/h1,6-7,9H,8H2,2-4H3. The molecule has 0 unspecified atom stereocenters. The predicted molar refractivity (Wildman–Crippen MR) is 78.6 cm³/mol. The van der Waals surface area contributed by atoms with Gasteiger partial charge in [0.2, 0.25) is 0 Å². The van der Waals surface area contributed by atoms with Gasteiger partial charge in [-0.2, -0.15) is 4.99 Å². The number of amides is 1. The highest BCUT2D eigenvalue weighted by Crippen LogP contribution is 2.19. The van der Waals surface area contributed by atoms with E-state index in [-0.39, 0.29) is 11.7 Å². The summed E-state index contributed by atoms with van der Waals surface area (Å²) in [7, 11) is 0. The molecule has 1 amide bonds. The molecule has 2 aromatic rings. The van der Waals surface area contributed by atoms with Gasteiger partial charge in [0.15, 0.2) is 4.80 Å². The van der Waals surface area contributed by atoms with Crippen molar-refractivity contribution in [2.45, 2.75) is 27.3 Å². The summed E-state index contributed by atoms with van der Waals surface area (Å²) in [6, 6.07) is 4.45. The Morgan fingerprint density at radius 3 is 2.80 bits per heavy atom. The topological polar surface area (TPSA) is 34.4 Å². The van der Waals surface area contributed by atoms with Crippen LogP contribution in [-0.2, 0) is 11.3 Å². The fraction of sp³-hybridized carbons (Fsp3) is 0.333. The number of hydrogen-bond donors (Lipinski definition) is 0. The van der Waals surface area contributed by atoms with E-state index in [1.807, 2.05) is 0 Å². The second kappa shape index (κ2) is 5.22. The molecule has 0 spiro atoms. The van der Waals surface area contributed by atoms with Crippen molar-refractivity contribution in [3.63, 3.8) is 0 Å². The Morgan fingerprint density at radius 2 is 2.20 bits per heavy atom. The third-order valence-corrected chi connectivity index (χ3v) is 3.77. The lowest BCUT2D eigenvalue weighted by Gasteiger charge is -2.11. The molecular weight excluding hydrogens is 275 g/mol. The van der Waals surface area contributed by atoms with Crippen LogP contribution < -0.4 is 4.80 Å². The zero-order valence-corrected chi connectivity index (χ0v) is 12.4. The van der Waals surface area contributed by atoms with E-state index in [1.54, 1.807) is 31.4 Å². The number of fused-ring (bicyclic) bond motifs is 1. The lowest BCUT2D eigenvalue weighted by atomic mass is 9.96. The molecule has 104 valence electrons. The molecule has 2 rings (SSSR count). The van der Waals surface area contributed by atoms with Crippen LogP contribution >= 0.6 is 11.3 Å². The Balaban J connectivity index is 2.70. The molecule has 1 heterocycles. The Bertz CT molecular complexity index is 772. The van der Waals surface area contributed by atoms with E-state index < -0.39 is 5.41 Å². The molecule has 1 aromatic carbocycles. The number of carbonyl (C=O) groups excluding carboxylic acids is 1. The average molecular weight is 290 g/mol. The van der Waals surface area contributed by atoms with Gasteiger partial charge in [-0.25, -0.2) is 4.39 Å². The molecule has 0 aliphatic heterocycles. The first kappa shape index (κ1) is 14.5. The van der Waals surface area contributed by atoms with Crippen LogP contribution in [0.1, 0.15) is 20.8 Å². The minimum atomic E-state index is -0.560. The average Bonchev–Trinajstić information content (AvgIpc) is 2.66. The monoisotopic (exact) mass is 290 g/mol. The van der Waals surface area contributed by atoms with Crippen LogP contribution in [0.2, 0.25) is 0 Å². The van der Waals surface area contributed by atoms with Gasteiger partial charge < -0.3 is 4.57 Å². The second-order valence-corrected chi connectivity index (χ2v) is 6.46. The maximum absolute atomic E-state index is 13.3. The highest BCUT2D eigenvalue weighted by Gasteiger charge is 2.21. The molecule has 5 heteroatoms. The van der Waals surface area contributed by atoms with Gasteiger partial charge >= 0.3 is 0 Å². The molecule has 0 saturated heterocycles. The minimum Gasteiger partial charge on any atom is -0.305 e. The second-order valence-electron chi connectivity index (χ2n) is 5.45. The number of halogens is 1. The molecule has 0 aliphatic carbocycles. The van der Waals surface area contributed by atoms with Crippen LogP contribution in [0.25, 0.3) is 10.2 Å². The Labute approximate surface area is 120 Å². The van der Waals surface area contributed by atoms with E-state index in [9.17, 15) is 9.18 Å². The van der Waals surface area contributed by atoms with Crippen LogP contribution in [0.4, 0.5) is 4.39 Å². The SMILES string of the molecule is C#CCn1c(=NC(=O)C(C)(C)C)sc2cc(F)ccc21. The van der Waals surface area contributed by atoms with Crippen molar-refractivity contribution in [1.29, 1.82) is 0 Å². The first-order valence-electron chi connectivity index (χ1n) is 6.14. The van der Waals surface area contributed by atoms with Crippen molar-refractivity contribution in [3.05, 3.63) is 28.8 Å². The summed E-state index contributed by atoms with van der Waals surface area (Å²) in [6.07, 6.45) is 5.36. The number of rotatable bonds is 1. The van der Waals surface area contributed by atoms with Crippen molar-refractivity contribution in [2.24, 2.45) is 10.4 Å². The Hall–Kier alpha value is -1.93. The summed E-state index contributed by atoms with van der Waals surface area (Å²) in [5.74, 6) is 1.99. The van der Waals surface area contributed by atoms with Crippen molar-refractivity contribution in [1.82, 2.24) is 4.57 Å². The number of thiazole rings is 1. The van der Waals surface area contributed by atoms with E-state index in [2.05, 4.69) is 10.9 Å². The first-order chi connectivity index (χ1) is 9.32. The fourth-order valence-corrected chi connectivity index (χ4v) is 2.68. The van der Waals surface area contributed by atoms with Gasteiger partial charge in [-0.3, -0.25) is 4.79 Å². The number of carbonyl (C=O) groups is 1. The molecule has 0 bridgehead atoms. The normalized spacial score (nSPS) is 12.7. The number of benzene rings is 1. The van der Waals surface area contributed by atoms with Crippen molar-refractivity contribution < 1.29 is 9.18 Å². The Morgan fingerprint density at radius 1 is 1.50 bits per heavy atom. The molecule has 0 atom stereocenters. The third kappa shape index (κ3) is 2.81. The fourth-order valence-electron chi connectivity index (χ4n) is 1.63. The molecule has 0 radical (unpaired) electrons. The van der Waals surface area contributed by atoms with Gasteiger partial charge in [0.1, 0.15) is 5.82 Å². The Kier molecular flexibility index (Phi) is 3.78. The number of nitrogens with zero attached hydrogens (tertiary/aromatic N) is 2. The molecule has 1 aromatic heterocycles. The summed E-state index contributed by atoms with van der Waals surface area (Å²) < 4.78 is 15.8. The lowest BCUT2D eigenvalue weighted by Crippen LogP contribution is -2.23. The van der Waals surface area contributed by atoms with Gasteiger partial charge in [0.25, 0.3) is 5.91 Å². The smallest absolute Gasteiger partial charge is 0.253 e. The maximum atomic E-state index is 13.3. The maximum Gasteiger partial charge on any atom is 0.253 e. The molecular formula is C15H15FN2OS.